The summed E-state index contributed by atoms with van der Waals surface area (Å²) in [6, 6.07) is 17.0. The number of carbonyl (C=O) groups is 2. The zero-order valence-electron chi connectivity index (χ0n) is 15.3. The predicted octanol–water partition coefficient (Wildman–Crippen LogP) is 4.76. The van der Waals surface area contributed by atoms with E-state index in [2.05, 4.69) is 6.08 Å². The molecule has 134 valence electrons. The van der Waals surface area contributed by atoms with Gasteiger partial charge in [0.05, 0.1) is 12.5 Å². The minimum atomic E-state index is -0.572. The van der Waals surface area contributed by atoms with Crippen LogP contribution in [0.15, 0.2) is 60.2 Å². The zero-order chi connectivity index (χ0) is 18.7. The van der Waals surface area contributed by atoms with Crippen LogP contribution in [0.4, 0.5) is 4.79 Å². The van der Waals surface area contributed by atoms with E-state index in [0.717, 1.165) is 16.7 Å². The largest absolute Gasteiger partial charge is 0.439 e. The summed E-state index contributed by atoms with van der Waals surface area (Å²) in [5, 5.41) is 0. The van der Waals surface area contributed by atoms with E-state index in [9.17, 15) is 9.59 Å². The van der Waals surface area contributed by atoms with E-state index >= 15 is 0 Å². The summed E-state index contributed by atoms with van der Waals surface area (Å²) in [5.74, 6) is -0.240. The third-order valence-electron chi connectivity index (χ3n) is 4.46. The Morgan fingerprint density at radius 1 is 1.08 bits per heavy atom. The van der Waals surface area contributed by atoms with Gasteiger partial charge in [0.1, 0.15) is 6.10 Å². The molecule has 3 rings (SSSR count). The fourth-order valence-electron chi connectivity index (χ4n) is 3.21. The molecule has 2 amide bonds. The number of allylic oxidation sites excluding steroid dienone is 1. The average Bonchev–Trinajstić information content (AvgIpc) is 2.91. The summed E-state index contributed by atoms with van der Waals surface area (Å²) in [5.41, 5.74) is 4.09. The number of hydrogen-bond donors (Lipinski definition) is 0. The Morgan fingerprint density at radius 2 is 1.73 bits per heavy atom. The SMILES string of the molecule is CC(C)=Cc1ccc(CC(=O)N2C(=O)O[C@@H](c3ccccc3)[C@H]2C)cc1. The Morgan fingerprint density at radius 3 is 2.35 bits per heavy atom. The molecule has 0 spiro atoms. The van der Waals surface area contributed by atoms with Crippen LogP contribution in [0.1, 0.15) is 43.6 Å². The topological polar surface area (TPSA) is 46.6 Å². The third-order valence-corrected chi connectivity index (χ3v) is 4.46. The standard InChI is InChI=1S/C22H23NO3/c1-15(2)13-17-9-11-18(12-10-17)14-20(24)23-16(3)21(26-22(23)25)19-7-5-4-6-8-19/h4-13,16,21H,14H2,1-3H3/t16-,21-/m1/s1. The first-order valence-electron chi connectivity index (χ1n) is 8.77. The monoisotopic (exact) mass is 349 g/mol. The highest BCUT2D eigenvalue weighted by molar-refractivity contribution is 5.94. The van der Waals surface area contributed by atoms with Crippen LogP contribution in [0.2, 0.25) is 0 Å². The van der Waals surface area contributed by atoms with Crippen LogP contribution in [-0.2, 0) is 16.0 Å². The number of cyclic esters (lactones) is 1. The van der Waals surface area contributed by atoms with E-state index in [0.29, 0.717) is 0 Å². The minimum absolute atomic E-state index is 0.177. The van der Waals surface area contributed by atoms with Gasteiger partial charge in [0, 0.05) is 0 Å². The minimum Gasteiger partial charge on any atom is -0.439 e. The van der Waals surface area contributed by atoms with Crippen LogP contribution in [-0.4, -0.2) is 22.9 Å². The van der Waals surface area contributed by atoms with Crippen LogP contribution in [0.5, 0.6) is 0 Å². The van der Waals surface area contributed by atoms with Crippen molar-refractivity contribution in [1.29, 1.82) is 0 Å². The number of imide groups is 1. The van der Waals surface area contributed by atoms with E-state index in [-0.39, 0.29) is 18.4 Å². The zero-order valence-corrected chi connectivity index (χ0v) is 15.3. The van der Waals surface area contributed by atoms with Crippen LogP contribution in [0.3, 0.4) is 0 Å². The van der Waals surface area contributed by atoms with E-state index < -0.39 is 12.2 Å². The highest BCUT2D eigenvalue weighted by atomic mass is 16.6. The first-order chi connectivity index (χ1) is 12.5. The lowest BCUT2D eigenvalue weighted by Gasteiger charge is -2.19. The molecule has 26 heavy (non-hydrogen) atoms. The van der Waals surface area contributed by atoms with Crippen molar-refractivity contribution in [3.63, 3.8) is 0 Å². The first kappa shape index (κ1) is 17.9. The summed E-state index contributed by atoms with van der Waals surface area (Å²) >= 11 is 0. The van der Waals surface area contributed by atoms with Gasteiger partial charge in [-0.05, 0) is 37.5 Å². The fourth-order valence-corrected chi connectivity index (χ4v) is 3.21. The molecular formula is C22H23NO3. The highest BCUT2D eigenvalue weighted by Gasteiger charge is 2.43. The molecule has 2 aromatic carbocycles. The molecule has 1 aliphatic heterocycles. The van der Waals surface area contributed by atoms with Gasteiger partial charge in [-0.3, -0.25) is 4.79 Å². The molecule has 1 aliphatic rings. The fraction of sp³-hybridized carbons (Fsp3) is 0.273. The van der Waals surface area contributed by atoms with Gasteiger partial charge in [-0.15, -0.1) is 0 Å². The number of amides is 2. The van der Waals surface area contributed by atoms with Crippen molar-refractivity contribution < 1.29 is 14.3 Å². The summed E-state index contributed by atoms with van der Waals surface area (Å²) in [6.07, 6.45) is 1.26. The van der Waals surface area contributed by atoms with Gasteiger partial charge in [-0.25, -0.2) is 9.69 Å². The molecular weight excluding hydrogens is 326 g/mol. The summed E-state index contributed by atoms with van der Waals surface area (Å²) in [6.45, 7) is 5.93. The van der Waals surface area contributed by atoms with Gasteiger partial charge in [0.25, 0.3) is 0 Å². The number of ether oxygens (including phenoxy) is 1. The molecule has 2 aromatic rings. The molecule has 0 unspecified atom stereocenters. The maximum Gasteiger partial charge on any atom is 0.417 e. The molecule has 1 saturated heterocycles. The molecule has 0 saturated carbocycles. The van der Waals surface area contributed by atoms with Gasteiger partial charge in [0.2, 0.25) is 5.91 Å². The van der Waals surface area contributed by atoms with Crippen molar-refractivity contribution in [2.24, 2.45) is 0 Å². The second kappa shape index (κ2) is 7.56. The molecule has 0 radical (unpaired) electrons. The van der Waals surface area contributed by atoms with E-state index in [1.165, 1.54) is 10.5 Å². The molecule has 4 nitrogen and oxygen atoms in total. The van der Waals surface area contributed by atoms with Crippen molar-refractivity contribution in [2.75, 3.05) is 0 Å². The van der Waals surface area contributed by atoms with Crippen molar-refractivity contribution >= 4 is 18.1 Å². The first-order valence-corrected chi connectivity index (χ1v) is 8.77. The molecule has 0 aromatic heterocycles. The van der Waals surface area contributed by atoms with Crippen LogP contribution in [0.25, 0.3) is 6.08 Å². The number of carbonyl (C=O) groups excluding carboxylic acids is 2. The Hall–Kier alpha value is -2.88. The highest BCUT2D eigenvalue weighted by Crippen LogP contribution is 2.32. The lowest BCUT2D eigenvalue weighted by Crippen LogP contribution is -2.38. The van der Waals surface area contributed by atoms with Crippen LogP contribution in [0, 0.1) is 0 Å². The number of rotatable bonds is 4. The number of hydrogen-bond acceptors (Lipinski definition) is 3. The second-order valence-corrected chi connectivity index (χ2v) is 6.86. The van der Waals surface area contributed by atoms with Crippen molar-refractivity contribution in [3.8, 4) is 0 Å². The molecule has 0 bridgehead atoms. The lowest BCUT2D eigenvalue weighted by atomic mass is 10.0. The molecule has 0 aliphatic carbocycles. The maximum absolute atomic E-state index is 12.7. The average molecular weight is 349 g/mol. The molecule has 1 heterocycles. The van der Waals surface area contributed by atoms with Gasteiger partial charge >= 0.3 is 6.09 Å². The van der Waals surface area contributed by atoms with E-state index in [4.69, 9.17) is 4.74 Å². The third kappa shape index (κ3) is 3.85. The smallest absolute Gasteiger partial charge is 0.417 e. The van der Waals surface area contributed by atoms with E-state index in [1.54, 1.807) is 0 Å². The van der Waals surface area contributed by atoms with Crippen LogP contribution < -0.4 is 0 Å². The summed E-state index contributed by atoms with van der Waals surface area (Å²) in [4.78, 5) is 26.2. The van der Waals surface area contributed by atoms with Crippen molar-refractivity contribution in [1.82, 2.24) is 4.90 Å². The normalized spacial score (nSPS) is 19.2. The maximum atomic E-state index is 12.7. The molecule has 1 fully saturated rings. The Labute approximate surface area is 154 Å². The Kier molecular flexibility index (Phi) is 5.21. The van der Waals surface area contributed by atoms with Gasteiger partial charge in [-0.2, -0.15) is 0 Å². The predicted molar refractivity (Wildman–Crippen MR) is 101 cm³/mol. The lowest BCUT2D eigenvalue weighted by molar-refractivity contribution is -0.128. The number of benzene rings is 2. The summed E-state index contributed by atoms with van der Waals surface area (Å²) < 4.78 is 5.45. The summed E-state index contributed by atoms with van der Waals surface area (Å²) in [7, 11) is 0. The van der Waals surface area contributed by atoms with Gasteiger partial charge in [0.15, 0.2) is 0 Å². The van der Waals surface area contributed by atoms with E-state index in [1.807, 2.05) is 75.4 Å². The number of nitrogens with zero attached hydrogens (tertiary/aromatic N) is 1. The molecule has 2 atom stereocenters. The second-order valence-electron chi connectivity index (χ2n) is 6.86. The Bertz CT molecular complexity index is 820. The molecule has 4 heteroatoms. The van der Waals surface area contributed by atoms with Gasteiger partial charge in [-0.1, -0.05) is 66.2 Å². The van der Waals surface area contributed by atoms with Crippen LogP contribution >= 0.6 is 0 Å². The van der Waals surface area contributed by atoms with Crippen molar-refractivity contribution in [2.45, 2.75) is 39.3 Å². The quantitative estimate of drug-likeness (QED) is 0.799. The van der Waals surface area contributed by atoms with Crippen molar-refractivity contribution in [3.05, 3.63) is 76.9 Å². The Balaban J connectivity index is 1.71. The van der Waals surface area contributed by atoms with Gasteiger partial charge < -0.3 is 4.74 Å². The molecule has 0 N–H and O–H groups in total.